The molecule has 138 valence electrons. The second kappa shape index (κ2) is 18.9. The molecular formula is C18H37NO4. The monoisotopic (exact) mass is 331 g/mol. The van der Waals surface area contributed by atoms with Crippen LogP contribution in [0.2, 0.25) is 0 Å². The van der Waals surface area contributed by atoms with Gasteiger partial charge in [-0.1, -0.05) is 64.7 Å². The maximum Gasteiger partial charge on any atom is 0.320 e. The molecule has 0 unspecified atom stereocenters. The number of carboxylic acid groups (broad SMARTS) is 1. The summed E-state index contributed by atoms with van der Waals surface area (Å²) in [5.74, 6) is -0.944. The van der Waals surface area contributed by atoms with E-state index in [1.54, 1.807) is 0 Å². The number of carbonyl (C=O) groups excluding carboxylic acids is 1. The molecule has 0 atom stereocenters. The van der Waals surface area contributed by atoms with Gasteiger partial charge in [-0.25, -0.2) is 0 Å². The first-order chi connectivity index (χ1) is 10.9. The molecule has 0 rings (SSSR count). The van der Waals surface area contributed by atoms with Gasteiger partial charge in [-0.2, -0.15) is 0 Å². The minimum absolute atomic E-state index is 0.110. The Morgan fingerprint density at radius 1 is 0.870 bits per heavy atom. The molecule has 0 aliphatic rings. The van der Waals surface area contributed by atoms with Gasteiger partial charge in [0.1, 0.15) is 0 Å². The fraction of sp³-hybridized carbons (Fsp3) is 0.889. The highest BCUT2D eigenvalue weighted by molar-refractivity contribution is 5.71. The average Bonchev–Trinajstić information content (AvgIpc) is 2.43. The molecule has 0 fully saturated rings. The number of hydrogen-bond donors (Lipinski definition) is 1. The van der Waals surface area contributed by atoms with Crippen LogP contribution in [-0.4, -0.2) is 49.2 Å². The van der Waals surface area contributed by atoms with E-state index in [1.165, 1.54) is 57.8 Å². The number of carboxylic acids is 1. The molecule has 0 saturated carbocycles. The number of ether oxygens (including phenoxy) is 1. The van der Waals surface area contributed by atoms with E-state index < -0.39 is 5.97 Å². The van der Waals surface area contributed by atoms with Gasteiger partial charge in [0.15, 0.2) is 0 Å². The maximum absolute atomic E-state index is 11.2. The molecule has 5 nitrogen and oxygen atoms in total. The fourth-order valence-electron chi connectivity index (χ4n) is 2.08. The van der Waals surface area contributed by atoms with Crippen molar-refractivity contribution in [2.24, 2.45) is 0 Å². The number of nitrogens with zero attached hydrogens (tertiary/aromatic N) is 1. The number of esters is 1. The normalized spacial score (nSPS) is 10.1. The standard InChI is InChI=1S/C16H33NO2.C2H4O2/c1-4-5-6-7-8-9-10-11-12-13-14-19-16(18)15-17(2)3;1-2(3)4/h4-15H2,1-3H3;1H3,(H,3,4). The van der Waals surface area contributed by atoms with Crippen molar-refractivity contribution < 1.29 is 19.4 Å². The third kappa shape index (κ3) is 29.5. The van der Waals surface area contributed by atoms with Gasteiger partial charge in [0.05, 0.1) is 13.2 Å². The van der Waals surface area contributed by atoms with Crippen molar-refractivity contribution in [1.82, 2.24) is 4.90 Å². The molecule has 0 aromatic heterocycles. The van der Waals surface area contributed by atoms with E-state index in [2.05, 4.69) is 6.92 Å². The molecule has 0 aromatic carbocycles. The van der Waals surface area contributed by atoms with Crippen LogP contribution in [0.4, 0.5) is 0 Å². The summed E-state index contributed by atoms with van der Waals surface area (Å²) in [6, 6.07) is 0. The Hall–Kier alpha value is -1.10. The zero-order chi connectivity index (χ0) is 17.9. The summed E-state index contributed by atoms with van der Waals surface area (Å²) in [4.78, 5) is 22.1. The average molecular weight is 331 g/mol. The van der Waals surface area contributed by atoms with E-state index >= 15 is 0 Å². The lowest BCUT2D eigenvalue weighted by Crippen LogP contribution is -2.23. The second-order valence-corrected chi connectivity index (χ2v) is 6.16. The van der Waals surface area contributed by atoms with Crippen LogP contribution >= 0.6 is 0 Å². The van der Waals surface area contributed by atoms with Crippen LogP contribution < -0.4 is 0 Å². The lowest BCUT2D eigenvalue weighted by atomic mass is 10.1. The summed E-state index contributed by atoms with van der Waals surface area (Å²) < 4.78 is 5.14. The third-order valence-corrected chi connectivity index (χ3v) is 3.21. The van der Waals surface area contributed by atoms with Crippen LogP contribution in [0.3, 0.4) is 0 Å². The summed E-state index contributed by atoms with van der Waals surface area (Å²) in [5, 5.41) is 7.42. The van der Waals surface area contributed by atoms with Gasteiger partial charge in [0, 0.05) is 6.92 Å². The van der Waals surface area contributed by atoms with Crippen LogP contribution in [0.5, 0.6) is 0 Å². The van der Waals surface area contributed by atoms with Gasteiger partial charge < -0.3 is 9.84 Å². The van der Waals surface area contributed by atoms with E-state index in [-0.39, 0.29) is 5.97 Å². The van der Waals surface area contributed by atoms with Gasteiger partial charge in [-0.15, -0.1) is 0 Å². The first-order valence-corrected chi connectivity index (χ1v) is 8.90. The molecule has 0 saturated heterocycles. The predicted molar refractivity (Wildman–Crippen MR) is 94.7 cm³/mol. The molecular weight excluding hydrogens is 294 g/mol. The summed E-state index contributed by atoms with van der Waals surface area (Å²) in [6.45, 7) is 4.31. The van der Waals surface area contributed by atoms with Crippen LogP contribution in [0, 0.1) is 0 Å². The number of rotatable bonds is 13. The third-order valence-electron chi connectivity index (χ3n) is 3.21. The molecule has 5 heteroatoms. The lowest BCUT2D eigenvalue weighted by molar-refractivity contribution is -0.144. The van der Waals surface area contributed by atoms with Crippen molar-refractivity contribution in [3.63, 3.8) is 0 Å². The molecule has 0 aromatic rings. The Bertz CT molecular complexity index is 276. The smallest absolute Gasteiger partial charge is 0.320 e. The van der Waals surface area contributed by atoms with Crippen LogP contribution in [0.15, 0.2) is 0 Å². The topological polar surface area (TPSA) is 66.8 Å². The summed E-state index contributed by atoms with van der Waals surface area (Å²) >= 11 is 0. The van der Waals surface area contributed by atoms with Crippen molar-refractivity contribution in [2.75, 3.05) is 27.2 Å². The van der Waals surface area contributed by atoms with Gasteiger partial charge in [-0.05, 0) is 20.5 Å². The van der Waals surface area contributed by atoms with Crippen molar-refractivity contribution in [1.29, 1.82) is 0 Å². The van der Waals surface area contributed by atoms with Crippen molar-refractivity contribution in [2.45, 2.75) is 78.1 Å². The molecule has 23 heavy (non-hydrogen) atoms. The second-order valence-electron chi connectivity index (χ2n) is 6.16. The van der Waals surface area contributed by atoms with E-state index in [0.29, 0.717) is 13.2 Å². The van der Waals surface area contributed by atoms with Gasteiger partial charge >= 0.3 is 5.97 Å². The quantitative estimate of drug-likeness (QED) is 0.406. The number of carbonyl (C=O) groups is 2. The summed E-state index contributed by atoms with van der Waals surface area (Å²) in [6.07, 6.45) is 13.1. The molecule has 0 amide bonds. The van der Waals surface area contributed by atoms with E-state index in [9.17, 15) is 4.79 Å². The zero-order valence-electron chi connectivity index (χ0n) is 15.6. The lowest BCUT2D eigenvalue weighted by Gasteiger charge is -2.09. The number of hydrogen-bond acceptors (Lipinski definition) is 4. The van der Waals surface area contributed by atoms with Crippen LogP contribution in [0.1, 0.15) is 78.1 Å². The molecule has 0 aliphatic carbocycles. The predicted octanol–water partition coefficient (Wildman–Crippen LogP) is 4.10. The summed E-state index contributed by atoms with van der Waals surface area (Å²) in [5.41, 5.74) is 0. The SMILES string of the molecule is CC(=O)O.CCCCCCCCCCCCOC(=O)CN(C)C. The van der Waals surface area contributed by atoms with Gasteiger partial charge in [-0.3, -0.25) is 14.5 Å². The molecule has 0 heterocycles. The van der Waals surface area contributed by atoms with Crippen molar-refractivity contribution in [3.8, 4) is 0 Å². The Labute approximate surface area is 142 Å². The highest BCUT2D eigenvalue weighted by Gasteiger charge is 2.03. The Morgan fingerprint density at radius 2 is 1.26 bits per heavy atom. The van der Waals surface area contributed by atoms with E-state index in [0.717, 1.165) is 13.3 Å². The largest absolute Gasteiger partial charge is 0.481 e. The molecule has 0 bridgehead atoms. The van der Waals surface area contributed by atoms with Crippen molar-refractivity contribution >= 4 is 11.9 Å². The highest BCUT2D eigenvalue weighted by Crippen LogP contribution is 2.10. The van der Waals surface area contributed by atoms with Crippen LogP contribution in [-0.2, 0) is 14.3 Å². The van der Waals surface area contributed by atoms with E-state index in [1.807, 2.05) is 19.0 Å². The minimum atomic E-state index is -0.833. The van der Waals surface area contributed by atoms with Crippen molar-refractivity contribution in [3.05, 3.63) is 0 Å². The first-order valence-electron chi connectivity index (χ1n) is 8.90. The molecule has 0 radical (unpaired) electrons. The fourth-order valence-corrected chi connectivity index (χ4v) is 2.08. The maximum atomic E-state index is 11.2. The number of aliphatic carboxylic acids is 1. The number of likely N-dealkylation sites (N-methyl/N-ethyl adjacent to an activating group) is 1. The molecule has 0 spiro atoms. The molecule has 1 N–H and O–H groups in total. The van der Waals surface area contributed by atoms with Crippen LogP contribution in [0.25, 0.3) is 0 Å². The zero-order valence-corrected chi connectivity index (χ0v) is 15.6. The van der Waals surface area contributed by atoms with Gasteiger partial charge in [0.2, 0.25) is 0 Å². The Kier molecular flexibility index (Phi) is 19.9. The summed E-state index contributed by atoms with van der Waals surface area (Å²) in [7, 11) is 3.75. The molecule has 0 aliphatic heterocycles. The Morgan fingerprint density at radius 3 is 1.65 bits per heavy atom. The van der Waals surface area contributed by atoms with E-state index in [4.69, 9.17) is 14.6 Å². The number of unbranched alkanes of at least 4 members (excludes halogenated alkanes) is 9. The first kappa shape index (κ1) is 24.2. The highest BCUT2D eigenvalue weighted by atomic mass is 16.5. The Balaban J connectivity index is 0. The minimum Gasteiger partial charge on any atom is -0.481 e. The van der Waals surface area contributed by atoms with Gasteiger partial charge in [0.25, 0.3) is 5.97 Å².